The van der Waals surface area contributed by atoms with Crippen molar-refractivity contribution < 1.29 is 14.3 Å². The average Bonchev–Trinajstić information content (AvgIpc) is 2.61. The molecule has 130 valence electrons. The molecule has 1 N–H and O–H groups in total. The zero-order chi connectivity index (χ0) is 17.4. The van der Waals surface area contributed by atoms with Crippen LogP contribution in [0, 0.1) is 0 Å². The van der Waals surface area contributed by atoms with Crippen molar-refractivity contribution in [2.24, 2.45) is 0 Å². The van der Waals surface area contributed by atoms with Crippen molar-refractivity contribution in [1.82, 2.24) is 9.62 Å². The number of rotatable bonds is 5. The number of nitrogens with one attached hydrogen (secondary N) is 1. The second-order valence-electron chi connectivity index (χ2n) is 5.67. The van der Waals surface area contributed by atoms with Crippen molar-refractivity contribution >= 4 is 30.0 Å². The van der Waals surface area contributed by atoms with Gasteiger partial charge in [-0.3, -0.25) is 14.4 Å². The monoisotopic (exact) mass is 348 g/mol. The van der Waals surface area contributed by atoms with Crippen molar-refractivity contribution in [2.45, 2.75) is 38.1 Å². The third-order valence-electron chi connectivity index (χ3n) is 4.09. The van der Waals surface area contributed by atoms with Crippen molar-refractivity contribution in [1.29, 1.82) is 0 Å². The predicted octanol–water partition coefficient (Wildman–Crippen LogP) is 3.86. The number of ether oxygens (including phenoxy) is 1. The number of urea groups is 1. The summed E-state index contributed by atoms with van der Waals surface area (Å²) >= 11 is 1.37. The Morgan fingerprint density at radius 3 is 2.62 bits per heavy atom. The van der Waals surface area contributed by atoms with Crippen LogP contribution in [0.2, 0.25) is 0 Å². The van der Waals surface area contributed by atoms with Gasteiger partial charge in [0, 0.05) is 23.9 Å². The van der Waals surface area contributed by atoms with Crippen LogP contribution in [0.3, 0.4) is 0 Å². The van der Waals surface area contributed by atoms with Gasteiger partial charge in [-0.15, -0.1) is 0 Å². The summed E-state index contributed by atoms with van der Waals surface area (Å²) in [7, 11) is 1.58. The van der Waals surface area contributed by atoms with Gasteiger partial charge in [0.2, 0.25) is 0 Å². The Labute approximate surface area is 147 Å². The lowest BCUT2D eigenvalue weighted by molar-refractivity contribution is -0.115. The molecule has 1 aliphatic carbocycles. The molecule has 0 radical (unpaired) electrons. The fourth-order valence-electron chi connectivity index (χ4n) is 2.89. The number of para-hydroxylation sites is 1. The number of hydrogen-bond acceptors (Lipinski definition) is 4. The Kier molecular flexibility index (Phi) is 7.18. The average molecular weight is 348 g/mol. The van der Waals surface area contributed by atoms with E-state index in [4.69, 9.17) is 4.74 Å². The van der Waals surface area contributed by atoms with E-state index in [1.54, 1.807) is 17.5 Å². The Morgan fingerprint density at radius 2 is 1.96 bits per heavy atom. The van der Waals surface area contributed by atoms with Crippen LogP contribution >= 0.6 is 11.9 Å². The molecular weight excluding hydrogens is 324 g/mol. The molecule has 1 aliphatic rings. The lowest BCUT2D eigenvalue weighted by Gasteiger charge is -2.31. The topological polar surface area (TPSA) is 58.6 Å². The molecule has 0 aromatic heterocycles. The van der Waals surface area contributed by atoms with E-state index < -0.39 is 5.91 Å². The van der Waals surface area contributed by atoms with Gasteiger partial charge in [-0.1, -0.05) is 37.5 Å². The molecule has 2 rings (SSSR count). The number of hydrogen-bond donors (Lipinski definition) is 1. The smallest absolute Gasteiger partial charge is 0.334 e. The van der Waals surface area contributed by atoms with E-state index in [2.05, 4.69) is 5.32 Å². The van der Waals surface area contributed by atoms with Gasteiger partial charge in [-0.05, 0) is 36.9 Å². The van der Waals surface area contributed by atoms with Crippen molar-refractivity contribution in [2.75, 3.05) is 13.4 Å². The van der Waals surface area contributed by atoms with E-state index in [9.17, 15) is 9.59 Å². The lowest BCUT2D eigenvalue weighted by atomic mass is 9.96. The highest BCUT2D eigenvalue weighted by Crippen LogP contribution is 2.26. The minimum Gasteiger partial charge on any atom is -0.496 e. The zero-order valence-corrected chi connectivity index (χ0v) is 15.0. The fraction of sp³-hybridized carbons (Fsp3) is 0.444. The summed E-state index contributed by atoms with van der Waals surface area (Å²) in [5.74, 6) is 0.251. The summed E-state index contributed by atoms with van der Waals surface area (Å²) in [6.07, 6.45) is 10.4. The molecule has 0 bridgehead atoms. The SMILES string of the molecule is COc1ccccc1/C=C/C(=O)NC(=O)N(SC)C1CCCCC1. The minimum absolute atomic E-state index is 0.208. The second kappa shape index (κ2) is 9.37. The van der Waals surface area contributed by atoms with Crippen LogP contribution < -0.4 is 10.1 Å². The molecule has 3 amide bonds. The van der Waals surface area contributed by atoms with Gasteiger partial charge < -0.3 is 4.74 Å². The Hall–Kier alpha value is -1.95. The molecule has 0 unspecified atom stereocenters. The van der Waals surface area contributed by atoms with Crippen molar-refractivity contribution in [3.63, 3.8) is 0 Å². The molecule has 0 heterocycles. The van der Waals surface area contributed by atoms with Crippen LogP contribution in [0.15, 0.2) is 30.3 Å². The number of benzene rings is 1. The van der Waals surface area contributed by atoms with Gasteiger partial charge in [-0.25, -0.2) is 4.79 Å². The second-order valence-corrected chi connectivity index (χ2v) is 6.43. The molecule has 0 saturated heterocycles. The van der Waals surface area contributed by atoms with E-state index >= 15 is 0 Å². The fourth-order valence-corrected chi connectivity index (χ4v) is 3.61. The van der Waals surface area contributed by atoms with E-state index in [0.29, 0.717) is 5.75 Å². The number of imide groups is 1. The van der Waals surface area contributed by atoms with Crippen LogP contribution in [0.4, 0.5) is 4.79 Å². The van der Waals surface area contributed by atoms with Gasteiger partial charge >= 0.3 is 6.03 Å². The van der Waals surface area contributed by atoms with E-state index in [0.717, 1.165) is 31.2 Å². The maximum atomic E-state index is 12.3. The molecule has 0 aliphatic heterocycles. The summed E-state index contributed by atoms with van der Waals surface area (Å²) in [4.78, 5) is 24.4. The molecule has 1 saturated carbocycles. The first-order valence-corrected chi connectivity index (χ1v) is 9.33. The largest absolute Gasteiger partial charge is 0.496 e. The number of nitrogens with zero attached hydrogens (tertiary/aromatic N) is 1. The van der Waals surface area contributed by atoms with Crippen LogP contribution in [0.1, 0.15) is 37.7 Å². The van der Waals surface area contributed by atoms with Gasteiger partial charge in [0.25, 0.3) is 5.91 Å². The third-order valence-corrected chi connectivity index (χ3v) is 4.94. The molecule has 24 heavy (non-hydrogen) atoms. The van der Waals surface area contributed by atoms with Gasteiger partial charge in [0.1, 0.15) is 5.75 Å². The molecule has 1 fully saturated rings. The molecule has 1 aromatic rings. The molecule has 0 atom stereocenters. The number of carbonyl (C=O) groups is 2. The first-order chi connectivity index (χ1) is 11.7. The van der Waals surface area contributed by atoms with E-state index in [1.165, 1.54) is 24.4 Å². The highest BCUT2D eigenvalue weighted by Gasteiger charge is 2.25. The van der Waals surface area contributed by atoms with Crippen molar-refractivity contribution in [3.05, 3.63) is 35.9 Å². The van der Waals surface area contributed by atoms with Gasteiger partial charge in [0.05, 0.1) is 7.11 Å². The lowest BCUT2D eigenvalue weighted by Crippen LogP contribution is -2.44. The van der Waals surface area contributed by atoms with Crippen LogP contribution in [-0.2, 0) is 4.79 Å². The number of amides is 3. The van der Waals surface area contributed by atoms with Gasteiger partial charge in [0.15, 0.2) is 0 Å². The zero-order valence-electron chi connectivity index (χ0n) is 14.2. The standard InChI is InChI=1S/C18H24N2O3S/c1-23-16-11-7-6-8-14(16)12-13-17(21)19-18(22)20(24-2)15-9-4-3-5-10-15/h6-8,11-13,15H,3-5,9-10H2,1-2H3,(H,19,21,22)/b13-12+. The van der Waals surface area contributed by atoms with E-state index in [1.807, 2.05) is 30.5 Å². The summed E-state index contributed by atoms with van der Waals surface area (Å²) in [5, 5.41) is 2.44. The molecule has 0 spiro atoms. The predicted molar refractivity (Wildman–Crippen MR) is 97.8 cm³/mol. The summed E-state index contributed by atoms with van der Waals surface area (Å²) in [6, 6.07) is 7.26. The quantitative estimate of drug-likeness (QED) is 0.648. The number of methoxy groups -OCH3 is 1. The van der Waals surface area contributed by atoms with Crippen LogP contribution in [-0.4, -0.2) is 35.7 Å². The maximum Gasteiger partial charge on any atom is 0.334 e. The first kappa shape index (κ1) is 18.4. The minimum atomic E-state index is -0.430. The van der Waals surface area contributed by atoms with Crippen molar-refractivity contribution in [3.8, 4) is 5.75 Å². The highest BCUT2D eigenvalue weighted by molar-refractivity contribution is 7.96. The maximum absolute atomic E-state index is 12.3. The van der Waals surface area contributed by atoms with Crippen LogP contribution in [0.5, 0.6) is 5.75 Å². The summed E-state index contributed by atoms with van der Waals surface area (Å²) in [6.45, 7) is 0. The Morgan fingerprint density at radius 1 is 1.25 bits per heavy atom. The Balaban J connectivity index is 1.95. The summed E-state index contributed by atoms with van der Waals surface area (Å²) < 4.78 is 6.92. The summed E-state index contributed by atoms with van der Waals surface area (Å²) in [5.41, 5.74) is 0.789. The molecule has 6 heteroatoms. The molecular formula is C18H24N2O3S. The Bertz CT molecular complexity index is 598. The first-order valence-electron chi connectivity index (χ1n) is 8.15. The third kappa shape index (κ3) is 5.03. The number of carbonyl (C=O) groups excluding carboxylic acids is 2. The normalized spacial score (nSPS) is 15.2. The van der Waals surface area contributed by atoms with E-state index in [-0.39, 0.29) is 12.1 Å². The molecule has 5 nitrogen and oxygen atoms in total. The highest BCUT2D eigenvalue weighted by atomic mass is 32.2. The van der Waals surface area contributed by atoms with Crippen LogP contribution in [0.25, 0.3) is 6.08 Å². The van der Waals surface area contributed by atoms with Gasteiger partial charge in [-0.2, -0.15) is 0 Å². The molecule has 1 aromatic carbocycles.